The molecule has 0 aliphatic carbocycles. The summed E-state index contributed by atoms with van der Waals surface area (Å²) in [6.07, 6.45) is 0.223. The van der Waals surface area contributed by atoms with Crippen LogP contribution < -0.4 is 5.73 Å². The number of ketones is 1. The number of nitrogens with two attached hydrogens (primary N) is 1. The lowest BCUT2D eigenvalue weighted by Crippen LogP contribution is -2.35. The zero-order chi connectivity index (χ0) is 16.6. The molecule has 2 aromatic rings. The highest BCUT2D eigenvalue weighted by atomic mass is 35.5. The summed E-state index contributed by atoms with van der Waals surface area (Å²) in [5.74, 6) is -0.108. The zero-order valence-corrected chi connectivity index (χ0v) is 14.0. The van der Waals surface area contributed by atoms with Crippen LogP contribution in [-0.4, -0.2) is 30.4 Å². The van der Waals surface area contributed by atoms with E-state index in [1.807, 2.05) is 0 Å². The van der Waals surface area contributed by atoms with Gasteiger partial charge in [0.1, 0.15) is 0 Å². The third kappa shape index (κ3) is 2.92. The van der Waals surface area contributed by atoms with Gasteiger partial charge in [-0.05, 0) is 36.2 Å². The van der Waals surface area contributed by atoms with E-state index in [0.717, 1.165) is 10.4 Å². The number of anilines is 1. The molecule has 0 saturated heterocycles. The van der Waals surface area contributed by atoms with E-state index in [0.29, 0.717) is 40.7 Å². The first-order valence-corrected chi connectivity index (χ1v) is 8.24. The fourth-order valence-corrected chi connectivity index (χ4v) is 3.96. The van der Waals surface area contributed by atoms with Crippen LogP contribution in [-0.2, 0) is 17.7 Å². The van der Waals surface area contributed by atoms with Crippen molar-refractivity contribution >= 4 is 39.8 Å². The smallest absolute Gasteiger partial charge is 0.409 e. The van der Waals surface area contributed by atoms with Gasteiger partial charge in [-0.2, -0.15) is 0 Å². The van der Waals surface area contributed by atoms with E-state index in [4.69, 9.17) is 22.1 Å². The Morgan fingerprint density at radius 1 is 1.30 bits per heavy atom. The SMILES string of the molecule is COC(=O)N1CCc2c(sc(N)c2C(=O)c2ccc(Cl)cc2)C1. The van der Waals surface area contributed by atoms with E-state index in [-0.39, 0.29) is 11.9 Å². The number of amides is 1. The van der Waals surface area contributed by atoms with Gasteiger partial charge in [-0.15, -0.1) is 11.3 Å². The van der Waals surface area contributed by atoms with Gasteiger partial charge in [0.2, 0.25) is 0 Å². The minimum atomic E-state index is -0.367. The maximum atomic E-state index is 12.8. The van der Waals surface area contributed by atoms with Crippen molar-refractivity contribution in [1.29, 1.82) is 0 Å². The average Bonchev–Trinajstić information content (AvgIpc) is 2.89. The van der Waals surface area contributed by atoms with Crippen molar-refractivity contribution in [1.82, 2.24) is 4.90 Å². The van der Waals surface area contributed by atoms with Crippen molar-refractivity contribution < 1.29 is 14.3 Å². The number of hydrogen-bond acceptors (Lipinski definition) is 5. The van der Waals surface area contributed by atoms with Crippen molar-refractivity contribution in [3.05, 3.63) is 50.9 Å². The van der Waals surface area contributed by atoms with Gasteiger partial charge < -0.3 is 15.4 Å². The van der Waals surface area contributed by atoms with Gasteiger partial charge >= 0.3 is 6.09 Å². The number of carbonyl (C=O) groups is 2. The molecule has 0 unspecified atom stereocenters. The summed E-state index contributed by atoms with van der Waals surface area (Å²) in [6.45, 7) is 0.932. The first kappa shape index (κ1) is 15.8. The number of nitrogens with zero attached hydrogens (tertiary/aromatic N) is 1. The minimum absolute atomic E-state index is 0.108. The Balaban J connectivity index is 1.94. The lowest BCUT2D eigenvalue weighted by molar-refractivity contribution is 0.103. The Morgan fingerprint density at radius 3 is 2.65 bits per heavy atom. The molecule has 1 amide bonds. The maximum Gasteiger partial charge on any atom is 0.409 e. The molecule has 7 heteroatoms. The number of carbonyl (C=O) groups excluding carboxylic acids is 2. The number of benzene rings is 1. The second kappa shape index (κ2) is 6.22. The number of thiophene rings is 1. The Bertz CT molecular complexity index is 770. The van der Waals surface area contributed by atoms with Crippen molar-refractivity contribution in [3.8, 4) is 0 Å². The van der Waals surface area contributed by atoms with Crippen LogP contribution in [0.1, 0.15) is 26.4 Å². The van der Waals surface area contributed by atoms with E-state index in [2.05, 4.69) is 0 Å². The van der Waals surface area contributed by atoms with Crippen molar-refractivity contribution in [2.24, 2.45) is 0 Å². The summed E-state index contributed by atoms with van der Waals surface area (Å²) in [5, 5.41) is 1.07. The van der Waals surface area contributed by atoms with Gasteiger partial charge in [-0.1, -0.05) is 11.6 Å². The van der Waals surface area contributed by atoms with Gasteiger partial charge in [0.05, 0.1) is 24.2 Å². The monoisotopic (exact) mass is 350 g/mol. The molecule has 2 N–H and O–H groups in total. The molecule has 1 aromatic carbocycles. The molecule has 0 fully saturated rings. The van der Waals surface area contributed by atoms with E-state index < -0.39 is 0 Å². The quantitative estimate of drug-likeness (QED) is 0.843. The molecular formula is C16H15ClN2O3S. The van der Waals surface area contributed by atoms with Crippen LogP contribution in [0.15, 0.2) is 24.3 Å². The highest BCUT2D eigenvalue weighted by Crippen LogP contribution is 2.36. The first-order chi connectivity index (χ1) is 11.0. The maximum absolute atomic E-state index is 12.8. The van der Waals surface area contributed by atoms with Gasteiger partial charge in [0.15, 0.2) is 5.78 Å². The number of nitrogen functional groups attached to an aromatic ring is 1. The molecular weight excluding hydrogens is 336 g/mol. The standard InChI is InChI=1S/C16H15ClN2O3S/c1-22-16(21)19-7-6-11-12(8-19)23-15(18)13(11)14(20)9-2-4-10(17)5-3-9/h2-5H,6-8,18H2,1H3. The molecule has 0 spiro atoms. The number of ether oxygens (including phenoxy) is 1. The molecule has 1 aromatic heterocycles. The Kier molecular flexibility index (Phi) is 4.28. The highest BCUT2D eigenvalue weighted by Gasteiger charge is 2.29. The topological polar surface area (TPSA) is 72.6 Å². The largest absolute Gasteiger partial charge is 0.453 e. The van der Waals surface area contributed by atoms with Crippen LogP contribution in [0.5, 0.6) is 0 Å². The highest BCUT2D eigenvalue weighted by molar-refractivity contribution is 7.16. The molecule has 120 valence electrons. The van der Waals surface area contributed by atoms with Gasteiger partial charge in [0, 0.05) is 22.0 Å². The Hall–Kier alpha value is -2.05. The third-order valence-electron chi connectivity index (χ3n) is 3.85. The number of hydrogen-bond donors (Lipinski definition) is 1. The number of rotatable bonds is 2. The van der Waals surface area contributed by atoms with E-state index in [9.17, 15) is 9.59 Å². The fraction of sp³-hybridized carbons (Fsp3) is 0.250. The Labute approximate surface area is 142 Å². The molecule has 0 bridgehead atoms. The first-order valence-electron chi connectivity index (χ1n) is 7.04. The van der Waals surface area contributed by atoms with Gasteiger partial charge in [-0.25, -0.2) is 4.79 Å². The molecule has 23 heavy (non-hydrogen) atoms. The molecule has 1 aliphatic heterocycles. The molecule has 2 heterocycles. The molecule has 0 radical (unpaired) electrons. The Morgan fingerprint density at radius 2 is 2.00 bits per heavy atom. The van der Waals surface area contributed by atoms with Crippen molar-refractivity contribution in [2.45, 2.75) is 13.0 Å². The summed E-state index contributed by atoms with van der Waals surface area (Å²) in [5.41, 5.74) is 8.12. The number of methoxy groups -OCH3 is 1. The van der Waals surface area contributed by atoms with Crippen molar-refractivity contribution in [3.63, 3.8) is 0 Å². The third-order valence-corrected chi connectivity index (χ3v) is 5.15. The van der Waals surface area contributed by atoms with Gasteiger partial charge in [0.25, 0.3) is 0 Å². The fourth-order valence-electron chi connectivity index (χ4n) is 2.70. The lowest BCUT2D eigenvalue weighted by Gasteiger charge is -2.25. The van der Waals surface area contributed by atoms with Crippen molar-refractivity contribution in [2.75, 3.05) is 19.4 Å². The predicted octanol–water partition coefficient (Wildman–Crippen LogP) is 3.34. The second-order valence-corrected chi connectivity index (χ2v) is 6.79. The minimum Gasteiger partial charge on any atom is -0.453 e. The molecule has 0 saturated carbocycles. The van der Waals surface area contributed by atoms with E-state index >= 15 is 0 Å². The second-order valence-electron chi connectivity index (χ2n) is 5.22. The molecule has 0 atom stereocenters. The lowest BCUT2D eigenvalue weighted by atomic mass is 9.96. The molecule has 1 aliphatic rings. The number of halogens is 1. The predicted molar refractivity (Wildman–Crippen MR) is 90.1 cm³/mol. The summed E-state index contributed by atoms with van der Waals surface area (Å²) in [4.78, 5) is 27.0. The summed E-state index contributed by atoms with van der Waals surface area (Å²) >= 11 is 7.22. The van der Waals surface area contributed by atoms with E-state index in [1.54, 1.807) is 29.2 Å². The molecule has 5 nitrogen and oxygen atoms in total. The van der Waals surface area contributed by atoms with Crippen LogP contribution >= 0.6 is 22.9 Å². The van der Waals surface area contributed by atoms with Gasteiger partial charge in [-0.3, -0.25) is 4.79 Å². The number of fused-ring (bicyclic) bond motifs is 1. The zero-order valence-electron chi connectivity index (χ0n) is 12.5. The normalized spacial score (nSPS) is 13.6. The summed E-state index contributed by atoms with van der Waals surface area (Å²) in [6, 6.07) is 6.75. The molecule has 3 rings (SSSR count). The van der Waals surface area contributed by atoms with E-state index in [1.165, 1.54) is 18.4 Å². The summed E-state index contributed by atoms with van der Waals surface area (Å²) in [7, 11) is 1.36. The van der Waals surface area contributed by atoms with Crippen LogP contribution in [0.25, 0.3) is 0 Å². The van der Waals surface area contributed by atoms with Crippen LogP contribution in [0.4, 0.5) is 9.80 Å². The summed E-state index contributed by atoms with van der Waals surface area (Å²) < 4.78 is 4.75. The van der Waals surface area contributed by atoms with Crippen LogP contribution in [0.2, 0.25) is 5.02 Å². The van der Waals surface area contributed by atoms with Crippen LogP contribution in [0, 0.1) is 0 Å². The average molecular weight is 351 g/mol. The van der Waals surface area contributed by atoms with Crippen LogP contribution in [0.3, 0.4) is 0 Å².